The highest BCUT2D eigenvalue weighted by Crippen LogP contribution is 2.19. The van der Waals surface area contributed by atoms with Crippen LogP contribution in [0.4, 0.5) is 0 Å². The van der Waals surface area contributed by atoms with Crippen LogP contribution in [0.15, 0.2) is 6.20 Å². The van der Waals surface area contributed by atoms with Gasteiger partial charge in [0.05, 0.1) is 6.20 Å². The topological polar surface area (TPSA) is 83.8 Å². The van der Waals surface area contributed by atoms with Gasteiger partial charge in [-0.15, -0.1) is 0 Å². The Labute approximate surface area is 102 Å². The highest BCUT2D eigenvalue weighted by molar-refractivity contribution is 5.76. The Bertz CT molecular complexity index is 378. The molecule has 0 aromatic carbocycles. The zero-order valence-corrected chi connectivity index (χ0v) is 11.0. The molecule has 1 atom stereocenters. The van der Waals surface area contributed by atoms with Gasteiger partial charge in [-0.3, -0.25) is 9.89 Å². The molecule has 0 saturated carbocycles. The summed E-state index contributed by atoms with van der Waals surface area (Å²) in [5, 5.41) is 9.58. The second-order valence-corrected chi connectivity index (χ2v) is 5.47. The Morgan fingerprint density at radius 1 is 1.59 bits per heavy atom. The lowest BCUT2D eigenvalue weighted by atomic mass is 9.85. The van der Waals surface area contributed by atoms with E-state index in [0.29, 0.717) is 13.0 Å². The predicted octanol–water partition coefficient (Wildman–Crippen LogP) is 1.10. The number of hydrogen-bond acceptors (Lipinski definition) is 3. The van der Waals surface area contributed by atoms with Crippen LogP contribution in [-0.2, 0) is 11.3 Å². The molecule has 1 heterocycles. The van der Waals surface area contributed by atoms with Crippen molar-refractivity contribution in [3.63, 3.8) is 0 Å². The van der Waals surface area contributed by atoms with Crippen molar-refractivity contribution >= 4 is 5.91 Å². The molecule has 1 aromatic rings. The summed E-state index contributed by atoms with van der Waals surface area (Å²) in [7, 11) is 0. The summed E-state index contributed by atoms with van der Waals surface area (Å²) in [4.78, 5) is 11.7. The molecule has 17 heavy (non-hydrogen) atoms. The molecule has 0 aliphatic carbocycles. The highest BCUT2D eigenvalue weighted by Gasteiger charge is 2.22. The van der Waals surface area contributed by atoms with Crippen LogP contribution in [0.3, 0.4) is 0 Å². The van der Waals surface area contributed by atoms with Gasteiger partial charge in [-0.25, -0.2) is 0 Å². The van der Waals surface area contributed by atoms with Gasteiger partial charge in [0.2, 0.25) is 5.91 Å². The molecule has 0 radical (unpaired) electrons. The molecule has 4 N–H and O–H groups in total. The minimum absolute atomic E-state index is 0.0203. The van der Waals surface area contributed by atoms with Crippen LogP contribution in [0.25, 0.3) is 0 Å². The number of aryl methyl sites for hydroxylation is 1. The van der Waals surface area contributed by atoms with E-state index in [1.54, 1.807) is 6.20 Å². The van der Waals surface area contributed by atoms with Gasteiger partial charge in [0, 0.05) is 30.3 Å². The summed E-state index contributed by atoms with van der Waals surface area (Å²) in [5.74, 6) is -0.0203. The first-order valence-electron chi connectivity index (χ1n) is 5.82. The van der Waals surface area contributed by atoms with Gasteiger partial charge in [-0.2, -0.15) is 5.10 Å². The number of rotatable bonds is 4. The van der Waals surface area contributed by atoms with Crippen molar-refractivity contribution in [2.75, 3.05) is 0 Å². The largest absolute Gasteiger partial charge is 0.352 e. The van der Waals surface area contributed by atoms with Gasteiger partial charge < -0.3 is 11.1 Å². The summed E-state index contributed by atoms with van der Waals surface area (Å²) < 4.78 is 0. The quantitative estimate of drug-likeness (QED) is 0.734. The molecule has 5 nitrogen and oxygen atoms in total. The average molecular weight is 238 g/mol. The molecular formula is C12H22N4O. The monoisotopic (exact) mass is 238 g/mol. The van der Waals surface area contributed by atoms with Crippen LogP contribution in [0.2, 0.25) is 0 Å². The van der Waals surface area contributed by atoms with E-state index in [1.807, 2.05) is 27.7 Å². The number of carbonyl (C=O) groups excluding carboxylic acids is 1. The molecule has 96 valence electrons. The molecule has 1 amide bonds. The highest BCUT2D eigenvalue weighted by atomic mass is 16.1. The van der Waals surface area contributed by atoms with Crippen molar-refractivity contribution < 1.29 is 4.79 Å². The van der Waals surface area contributed by atoms with Crippen molar-refractivity contribution in [3.05, 3.63) is 17.5 Å². The van der Waals surface area contributed by atoms with E-state index in [2.05, 4.69) is 15.5 Å². The second kappa shape index (κ2) is 5.31. The molecule has 1 rings (SSSR count). The van der Waals surface area contributed by atoms with Crippen LogP contribution in [-0.4, -0.2) is 22.1 Å². The van der Waals surface area contributed by atoms with Crippen molar-refractivity contribution in [1.29, 1.82) is 0 Å². The maximum Gasteiger partial charge on any atom is 0.221 e. The number of nitrogens with one attached hydrogen (secondary N) is 2. The molecule has 0 spiro atoms. The van der Waals surface area contributed by atoms with Crippen molar-refractivity contribution in [2.45, 2.75) is 46.7 Å². The third kappa shape index (κ3) is 4.19. The Morgan fingerprint density at radius 2 is 2.24 bits per heavy atom. The third-order valence-corrected chi connectivity index (χ3v) is 2.93. The van der Waals surface area contributed by atoms with Crippen LogP contribution >= 0.6 is 0 Å². The maximum absolute atomic E-state index is 11.7. The Hall–Kier alpha value is -1.36. The molecule has 0 aliphatic heterocycles. The van der Waals surface area contributed by atoms with Gasteiger partial charge in [0.1, 0.15) is 0 Å². The van der Waals surface area contributed by atoms with Gasteiger partial charge in [-0.05, 0) is 12.3 Å². The van der Waals surface area contributed by atoms with E-state index in [4.69, 9.17) is 5.73 Å². The number of hydrogen-bond donors (Lipinski definition) is 3. The van der Waals surface area contributed by atoms with E-state index >= 15 is 0 Å². The van der Waals surface area contributed by atoms with Gasteiger partial charge in [0.25, 0.3) is 0 Å². The SMILES string of the molecule is Cc1[nH]ncc1CNC(=O)CC(N)C(C)(C)C. The van der Waals surface area contributed by atoms with Crippen LogP contribution in [0.5, 0.6) is 0 Å². The van der Waals surface area contributed by atoms with E-state index in [9.17, 15) is 4.79 Å². The molecule has 5 heteroatoms. The molecule has 0 saturated heterocycles. The lowest BCUT2D eigenvalue weighted by Crippen LogP contribution is -2.40. The summed E-state index contributed by atoms with van der Waals surface area (Å²) in [6.45, 7) is 8.52. The van der Waals surface area contributed by atoms with Crippen LogP contribution in [0, 0.1) is 12.3 Å². The zero-order valence-electron chi connectivity index (χ0n) is 11.0. The zero-order chi connectivity index (χ0) is 13.1. The van der Waals surface area contributed by atoms with Crippen LogP contribution < -0.4 is 11.1 Å². The smallest absolute Gasteiger partial charge is 0.221 e. The van der Waals surface area contributed by atoms with Crippen molar-refractivity contribution in [2.24, 2.45) is 11.1 Å². The Kier molecular flexibility index (Phi) is 4.28. The Balaban J connectivity index is 2.39. The molecule has 0 aliphatic rings. The lowest BCUT2D eigenvalue weighted by molar-refractivity contribution is -0.122. The first-order valence-corrected chi connectivity index (χ1v) is 5.82. The second-order valence-electron chi connectivity index (χ2n) is 5.47. The van der Waals surface area contributed by atoms with Crippen LogP contribution in [0.1, 0.15) is 38.4 Å². The van der Waals surface area contributed by atoms with E-state index in [1.165, 1.54) is 0 Å². The van der Waals surface area contributed by atoms with E-state index in [0.717, 1.165) is 11.3 Å². The number of amides is 1. The summed E-state index contributed by atoms with van der Waals surface area (Å²) >= 11 is 0. The standard InChI is InChI=1S/C12H22N4O/c1-8-9(7-15-16-8)6-14-11(17)5-10(13)12(2,3)4/h7,10H,5-6,13H2,1-4H3,(H,14,17)(H,15,16). The molecule has 0 fully saturated rings. The predicted molar refractivity (Wildman–Crippen MR) is 67.2 cm³/mol. The normalized spacial score (nSPS) is 13.5. The molecule has 1 unspecified atom stereocenters. The number of aromatic nitrogens is 2. The lowest BCUT2D eigenvalue weighted by Gasteiger charge is -2.26. The number of nitrogens with two attached hydrogens (primary N) is 1. The third-order valence-electron chi connectivity index (χ3n) is 2.93. The molecule has 0 bridgehead atoms. The average Bonchev–Trinajstić information content (AvgIpc) is 2.59. The van der Waals surface area contributed by atoms with Gasteiger partial charge >= 0.3 is 0 Å². The number of nitrogens with zero attached hydrogens (tertiary/aromatic N) is 1. The van der Waals surface area contributed by atoms with E-state index in [-0.39, 0.29) is 17.4 Å². The fraction of sp³-hybridized carbons (Fsp3) is 0.667. The molecular weight excluding hydrogens is 216 g/mol. The summed E-state index contributed by atoms with van der Waals surface area (Å²) in [6, 6.07) is -0.132. The van der Waals surface area contributed by atoms with Gasteiger partial charge in [0.15, 0.2) is 0 Å². The number of H-pyrrole nitrogens is 1. The number of aromatic amines is 1. The first kappa shape index (κ1) is 13.7. The minimum Gasteiger partial charge on any atom is -0.352 e. The Morgan fingerprint density at radius 3 is 2.71 bits per heavy atom. The fourth-order valence-corrected chi connectivity index (χ4v) is 1.33. The fourth-order valence-electron chi connectivity index (χ4n) is 1.33. The van der Waals surface area contributed by atoms with Crippen molar-refractivity contribution in [3.8, 4) is 0 Å². The summed E-state index contributed by atoms with van der Waals surface area (Å²) in [6.07, 6.45) is 2.07. The molecule has 1 aromatic heterocycles. The number of carbonyl (C=O) groups is 1. The van der Waals surface area contributed by atoms with E-state index < -0.39 is 0 Å². The first-order chi connectivity index (χ1) is 7.80. The van der Waals surface area contributed by atoms with Crippen molar-refractivity contribution in [1.82, 2.24) is 15.5 Å². The van der Waals surface area contributed by atoms with Gasteiger partial charge in [-0.1, -0.05) is 20.8 Å². The summed E-state index contributed by atoms with van der Waals surface area (Å²) in [5.41, 5.74) is 7.88. The minimum atomic E-state index is -0.132. The maximum atomic E-state index is 11.7.